The van der Waals surface area contributed by atoms with Gasteiger partial charge in [-0.05, 0) is 42.7 Å². The number of nitrogens with zero attached hydrogens (tertiary/aromatic N) is 5. The fourth-order valence-electron chi connectivity index (χ4n) is 3.27. The number of likely N-dealkylation sites (tertiary alicyclic amines) is 1. The van der Waals surface area contributed by atoms with E-state index in [0.717, 1.165) is 24.1 Å². The van der Waals surface area contributed by atoms with Gasteiger partial charge in [-0.25, -0.2) is 4.68 Å². The Morgan fingerprint density at radius 3 is 2.50 bits per heavy atom. The lowest BCUT2D eigenvalue weighted by Gasteiger charge is -2.34. The summed E-state index contributed by atoms with van der Waals surface area (Å²) in [6, 6.07) is 12.3. The molecule has 1 aliphatic rings. The Morgan fingerprint density at radius 2 is 1.68 bits per heavy atom. The van der Waals surface area contributed by atoms with Crippen LogP contribution in [0, 0.1) is 0 Å². The summed E-state index contributed by atoms with van der Waals surface area (Å²) < 4.78 is 2.05. The molecule has 3 heterocycles. The molecule has 1 fully saturated rings. The molecule has 0 N–H and O–H groups in total. The average Bonchev–Trinajstić information content (AvgIpc) is 3.01. The summed E-state index contributed by atoms with van der Waals surface area (Å²) in [7, 11) is 0. The molecule has 1 unspecified atom stereocenters. The summed E-state index contributed by atoms with van der Waals surface area (Å²) in [6.45, 7) is 2.20. The maximum absolute atomic E-state index is 4.45. The van der Waals surface area contributed by atoms with Crippen LogP contribution in [0.3, 0.4) is 0 Å². The number of hydrogen-bond acceptors (Lipinski definition) is 4. The van der Waals surface area contributed by atoms with Crippen molar-refractivity contribution in [2.24, 2.45) is 0 Å². The average molecular weight is 293 g/mol. The summed E-state index contributed by atoms with van der Waals surface area (Å²) in [5.41, 5.74) is 3.24. The molecule has 1 atom stereocenters. The molecule has 3 aromatic rings. The topological polar surface area (TPSA) is 46.8 Å². The highest BCUT2D eigenvalue weighted by atomic mass is 15.5. The molecule has 2 aromatic heterocycles. The Bertz CT molecular complexity index is 746. The number of pyridine rings is 1. The number of piperidine rings is 1. The third kappa shape index (κ3) is 2.37. The third-order valence-electron chi connectivity index (χ3n) is 4.35. The fraction of sp³-hybridized carbons (Fsp3) is 0.353. The van der Waals surface area contributed by atoms with Crippen molar-refractivity contribution in [2.75, 3.05) is 13.1 Å². The van der Waals surface area contributed by atoms with Crippen LogP contribution in [0.1, 0.15) is 31.0 Å². The minimum absolute atomic E-state index is 0.0932. The Hall–Kier alpha value is -2.27. The van der Waals surface area contributed by atoms with Crippen molar-refractivity contribution >= 4 is 11.0 Å². The van der Waals surface area contributed by atoms with Crippen LogP contribution in [0.5, 0.6) is 0 Å². The molecule has 4 rings (SSSR count). The first kappa shape index (κ1) is 13.4. The molecule has 1 saturated heterocycles. The van der Waals surface area contributed by atoms with E-state index >= 15 is 0 Å². The smallest absolute Gasteiger partial charge is 0.132 e. The fourth-order valence-corrected chi connectivity index (χ4v) is 3.27. The minimum atomic E-state index is 0.0932. The Kier molecular flexibility index (Phi) is 3.56. The second kappa shape index (κ2) is 5.85. The summed E-state index contributed by atoms with van der Waals surface area (Å²) >= 11 is 0. The van der Waals surface area contributed by atoms with Crippen LogP contribution in [-0.2, 0) is 0 Å². The molecular formula is C17H19N5. The first-order valence-electron chi connectivity index (χ1n) is 7.87. The second-order valence-electron chi connectivity index (χ2n) is 5.77. The standard InChI is InChI=1S/C17H19N5/c1-4-12-21(13-5-1)17(14-8-10-18-11-9-14)22-16-7-3-2-6-15(16)19-20-22/h2-3,6-11,17H,1,4-5,12-13H2. The molecule has 112 valence electrons. The number of benzene rings is 1. The molecule has 0 saturated carbocycles. The first-order chi connectivity index (χ1) is 10.9. The number of para-hydroxylation sites is 1. The number of fused-ring (bicyclic) bond motifs is 1. The number of aromatic nitrogens is 4. The molecule has 0 aliphatic carbocycles. The monoisotopic (exact) mass is 293 g/mol. The SMILES string of the molecule is c1ccc2c(c1)nnn2C(c1ccncc1)N1CCCCC1. The molecule has 0 bridgehead atoms. The number of rotatable bonds is 3. The zero-order valence-corrected chi connectivity index (χ0v) is 12.5. The maximum atomic E-state index is 4.45. The van der Waals surface area contributed by atoms with Crippen LogP contribution < -0.4 is 0 Å². The lowest BCUT2D eigenvalue weighted by molar-refractivity contribution is 0.133. The molecule has 5 nitrogen and oxygen atoms in total. The van der Waals surface area contributed by atoms with Gasteiger partial charge in [-0.1, -0.05) is 23.8 Å². The van der Waals surface area contributed by atoms with E-state index in [0.29, 0.717) is 0 Å². The molecule has 0 spiro atoms. The van der Waals surface area contributed by atoms with Crippen LogP contribution in [0.25, 0.3) is 11.0 Å². The Morgan fingerprint density at radius 1 is 0.909 bits per heavy atom. The highest BCUT2D eigenvalue weighted by molar-refractivity contribution is 5.74. The van der Waals surface area contributed by atoms with E-state index in [2.05, 4.69) is 43.1 Å². The van der Waals surface area contributed by atoms with Crippen molar-refractivity contribution in [3.8, 4) is 0 Å². The third-order valence-corrected chi connectivity index (χ3v) is 4.35. The van der Waals surface area contributed by atoms with Crippen LogP contribution in [0.15, 0.2) is 48.8 Å². The highest BCUT2D eigenvalue weighted by Crippen LogP contribution is 2.28. The van der Waals surface area contributed by atoms with E-state index in [9.17, 15) is 0 Å². The van der Waals surface area contributed by atoms with Gasteiger partial charge >= 0.3 is 0 Å². The van der Waals surface area contributed by atoms with Gasteiger partial charge in [-0.3, -0.25) is 9.88 Å². The predicted molar refractivity (Wildman–Crippen MR) is 85.3 cm³/mol. The molecule has 0 radical (unpaired) electrons. The number of hydrogen-bond donors (Lipinski definition) is 0. The van der Waals surface area contributed by atoms with Crippen molar-refractivity contribution in [1.82, 2.24) is 24.9 Å². The van der Waals surface area contributed by atoms with Gasteiger partial charge in [0.2, 0.25) is 0 Å². The second-order valence-corrected chi connectivity index (χ2v) is 5.77. The lowest BCUT2D eigenvalue weighted by atomic mass is 10.1. The van der Waals surface area contributed by atoms with Gasteiger partial charge in [0, 0.05) is 25.5 Å². The zero-order chi connectivity index (χ0) is 14.8. The molecule has 0 amide bonds. The molecule has 1 aliphatic heterocycles. The maximum Gasteiger partial charge on any atom is 0.132 e. The van der Waals surface area contributed by atoms with Gasteiger partial charge in [0.05, 0.1) is 5.52 Å². The summed E-state index contributed by atoms with van der Waals surface area (Å²) in [4.78, 5) is 6.65. The van der Waals surface area contributed by atoms with Crippen LogP contribution in [-0.4, -0.2) is 38.0 Å². The van der Waals surface area contributed by atoms with Gasteiger partial charge < -0.3 is 0 Å². The van der Waals surface area contributed by atoms with Gasteiger partial charge in [-0.2, -0.15) is 0 Å². The minimum Gasteiger partial charge on any atom is -0.278 e. The van der Waals surface area contributed by atoms with E-state index in [4.69, 9.17) is 0 Å². The van der Waals surface area contributed by atoms with Gasteiger partial charge in [0.1, 0.15) is 11.7 Å². The van der Waals surface area contributed by atoms with Gasteiger partial charge in [0.25, 0.3) is 0 Å². The van der Waals surface area contributed by atoms with Crippen molar-refractivity contribution in [3.05, 3.63) is 54.4 Å². The van der Waals surface area contributed by atoms with E-state index in [-0.39, 0.29) is 6.17 Å². The Balaban J connectivity index is 1.83. The van der Waals surface area contributed by atoms with Crippen LogP contribution in [0.4, 0.5) is 0 Å². The quantitative estimate of drug-likeness (QED) is 0.745. The zero-order valence-electron chi connectivity index (χ0n) is 12.5. The van der Waals surface area contributed by atoms with Crippen molar-refractivity contribution < 1.29 is 0 Å². The van der Waals surface area contributed by atoms with E-state index in [1.807, 2.05) is 30.6 Å². The molecule has 5 heteroatoms. The van der Waals surface area contributed by atoms with Crippen molar-refractivity contribution in [3.63, 3.8) is 0 Å². The summed E-state index contributed by atoms with van der Waals surface area (Å²) in [6.07, 6.45) is 7.60. The largest absolute Gasteiger partial charge is 0.278 e. The van der Waals surface area contributed by atoms with E-state index in [1.54, 1.807) is 0 Å². The van der Waals surface area contributed by atoms with Gasteiger partial charge in [-0.15, -0.1) is 5.10 Å². The summed E-state index contributed by atoms with van der Waals surface area (Å²) in [5, 5.41) is 8.78. The molecule has 1 aromatic carbocycles. The highest BCUT2D eigenvalue weighted by Gasteiger charge is 2.26. The normalized spacial score (nSPS) is 17.6. The van der Waals surface area contributed by atoms with Crippen molar-refractivity contribution in [1.29, 1.82) is 0 Å². The first-order valence-corrected chi connectivity index (χ1v) is 7.87. The van der Waals surface area contributed by atoms with Crippen LogP contribution in [0.2, 0.25) is 0 Å². The predicted octanol–water partition coefficient (Wildman–Crippen LogP) is 2.86. The lowest BCUT2D eigenvalue weighted by Crippen LogP contribution is -2.38. The summed E-state index contributed by atoms with van der Waals surface area (Å²) in [5.74, 6) is 0. The van der Waals surface area contributed by atoms with Crippen LogP contribution >= 0.6 is 0 Å². The molecular weight excluding hydrogens is 274 g/mol. The van der Waals surface area contributed by atoms with E-state index < -0.39 is 0 Å². The Labute approximate surface area is 129 Å². The van der Waals surface area contributed by atoms with E-state index in [1.165, 1.54) is 24.8 Å². The molecule has 22 heavy (non-hydrogen) atoms. The van der Waals surface area contributed by atoms with Gasteiger partial charge in [0.15, 0.2) is 0 Å². The van der Waals surface area contributed by atoms with Crippen molar-refractivity contribution in [2.45, 2.75) is 25.4 Å².